The molecule has 1 aliphatic heterocycles. The zero-order valence-corrected chi connectivity index (χ0v) is 23.4. The van der Waals surface area contributed by atoms with Crippen LogP contribution in [0.25, 0.3) is 5.69 Å². The van der Waals surface area contributed by atoms with Crippen molar-refractivity contribution in [2.24, 2.45) is 0 Å². The van der Waals surface area contributed by atoms with Gasteiger partial charge in [-0.15, -0.1) is 5.10 Å². The number of rotatable bonds is 8. The van der Waals surface area contributed by atoms with Gasteiger partial charge in [-0.1, -0.05) is 18.2 Å². The molecule has 0 N–H and O–H groups in total. The van der Waals surface area contributed by atoms with Crippen molar-refractivity contribution in [1.29, 1.82) is 0 Å². The fourth-order valence-electron chi connectivity index (χ4n) is 5.89. The van der Waals surface area contributed by atoms with Crippen LogP contribution in [0.4, 0.5) is 21.6 Å². The van der Waals surface area contributed by atoms with E-state index in [-0.39, 0.29) is 17.4 Å². The van der Waals surface area contributed by atoms with E-state index in [9.17, 15) is 19.3 Å². The van der Waals surface area contributed by atoms with Crippen LogP contribution in [0.3, 0.4) is 0 Å². The molecule has 0 saturated carbocycles. The molecule has 0 radical (unpaired) electrons. The number of halogens is 1. The molecule has 42 heavy (non-hydrogen) atoms. The molecule has 9 nitrogen and oxygen atoms in total. The van der Waals surface area contributed by atoms with E-state index in [1.54, 1.807) is 4.90 Å². The third-order valence-corrected chi connectivity index (χ3v) is 8.19. The Morgan fingerprint density at radius 1 is 0.881 bits per heavy atom. The van der Waals surface area contributed by atoms with Crippen molar-refractivity contribution in [2.45, 2.75) is 25.7 Å². The maximum absolute atomic E-state index is 14.0. The second-order valence-corrected chi connectivity index (χ2v) is 10.8. The van der Waals surface area contributed by atoms with Crippen LogP contribution >= 0.6 is 0 Å². The first-order valence-electron chi connectivity index (χ1n) is 14.4. The van der Waals surface area contributed by atoms with Crippen LogP contribution in [0, 0.1) is 15.9 Å². The first-order chi connectivity index (χ1) is 20.5. The summed E-state index contributed by atoms with van der Waals surface area (Å²) in [7, 11) is 0. The molecule has 3 aromatic carbocycles. The van der Waals surface area contributed by atoms with Gasteiger partial charge in [0.25, 0.3) is 11.6 Å². The fraction of sp³-hybridized carbons (Fsp3) is 0.312. The molecule has 2 heterocycles. The monoisotopic (exact) mass is 568 g/mol. The third kappa shape index (κ3) is 5.75. The molecule has 1 amide bonds. The number of hydrogen-bond donors (Lipinski definition) is 0. The van der Waals surface area contributed by atoms with Crippen molar-refractivity contribution >= 4 is 23.1 Å². The Balaban J connectivity index is 1.26. The molecule has 4 aromatic rings. The van der Waals surface area contributed by atoms with Gasteiger partial charge in [-0.05, 0) is 74.2 Å². The molecule has 0 spiro atoms. The van der Waals surface area contributed by atoms with Crippen molar-refractivity contribution in [3.05, 3.63) is 112 Å². The van der Waals surface area contributed by atoms with E-state index < -0.39 is 4.92 Å². The predicted octanol–water partition coefficient (Wildman–Crippen LogP) is 5.27. The summed E-state index contributed by atoms with van der Waals surface area (Å²) in [6.07, 6.45) is 3.84. The van der Waals surface area contributed by atoms with Crippen molar-refractivity contribution in [1.82, 2.24) is 14.7 Å². The Bertz CT molecular complexity index is 1550. The Morgan fingerprint density at radius 2 is 1.57 bits per heavy atom. The molecule has 1 aromatic heterocycles. The minimum Gasteiger partial charge on any atom is -0.369 e. The van der Waals surface area contributed by atoms with E-state index in [0.29, 0.717) is 24.5 Å². The summed E-state index contributed by atoms with van der Waals surface area (Å²) in [5.74, 6) is 0.204. The number of carbonyl (C=O) groups is 1. The van der Waals surface area contributed by atoms with Gasteiger partial charge >= 0.3 is 0 Å². The lowest BCUT2D eigenvalue weighted by atomic mass is 9.96. The fourth-order valence-corrected chi connectivity index (χ4v) is 5.89. The highest BCUT2D eigenvalue weighted by molar-refractivity contribution is 6.06. The topological polar surface area (TPSA) is 87.8 Å². The molecule has 6 rings (SSSR count). The summed E-state index contributed by atoms with van der Waals surface area (Å²) >= 11 is 0. The van der Waals surface area contributed by atoms with Gasteiger partial charge in [-0.3, -0.25) is 24.7 Å². The van der Waals surface area contributed by atoms with Crippen molar-refractivity contribution in [3.8, 4) is 5.69 Å². The summed E-state index contributed by atoms with van der Waals surface area (Å²) in [6.45, 7) is 4.33. The highest BCUT2D eigenvalue weighted by atomic mass is 19.1. The van der Waals surface area contributed by atoms with Crippen molar-refractivity contribution < 1.29 is 14.1 Å². The molecular weight excluding hydrogens is 535 g/mol. The number of aromatic nitrogens is 2. The van der Waals surface area contributed by atoms with Gasteiger partial charge in [0, 0.05) is 73.9 Å². The van der Waals surface area contributed by atoms with Crippen LogP contribution in [0.15, 0.2) is 78.9 Å². The molecule has 2 aliphatic rings. The molecule has 10 heteroatoms. The zero-order valence-electron chi connectivity index (χ0n) is 23.4. The Kier molecular flexibility index (Phi) is 7.96. The van der Waals surface area contributed by atoms with Crippen LogP contribution < -0.4 is 9.80 Å². The summed E-state index contributed by atoms with van der Waals surface area (Å²) < 4.78 is 15.4. The quantitative estimate of drug-likeness (QED) is 0.213. The molecule has 0 bridgehead atoms. The number of anilines is 2. The van der Waals surface area contributed by atoms with Gasteiger partial charge in [-0.25, -0.2) is 9.07 Å². The zero-order chi connectivity index (χ0) is 29.1. The van der Waals surface area contributed by atoms with Gasteiger partial charge in [0.1, 0.15) is 5.82 Å². The summed E-state index contributed by atoms with van der Waals surface area (Å²) in [6, 6.07) is 22.4. The van der Waals surface area contributed by atoms with Gasteiger partial charge in [-0.2, -0.15) is 0 Å². The summed E-state index contributed by atoms with van der Waals surface area (Å²) in [5, 5.41) is 16.2. The molecule has 1 fully saturated rings. The maximum Gasteiger partial charge on any atom is 0.269 e. The number of hydrogen-bond acceptors (Lipinski definition) is 6. The Hall–Kier alpha value is -4.57. The number of para-hydroxylation sites is 1. The van der Waals surface area contributed by atoms with Gasteiger partial charge in [0.15, 0.2) is 5.82 Å². The van der Waals surface area contributed by atoms with Gasteiger partial charge in [0.05, 0.1) is 10.6 Å². The van der Waals surface area contributed by atoms with E-state index >= 15 is 0 Å². The molecule has 1 saturated heterocycles. The number of benzene rings is 3. The number of nitrogens with zero attached hydrogens (tertiary/aromatic N) is 6. The maximum atomic E-state index is 14.0. The van der Waals surface area contributed by atoms with Crippen LogP contribution in [0.2, 0.25) is 0 Å². The van der Waals surface area contributed by atoms with E-state index in [1.807, 2.05) is 47.1 Å². The van der Waals surface area contributed by atoms with Crippen LogP contribution in [0.5, 0.6) is 0 Å². The lowest BCUT2D eigenvalue weighted by molar-refractivity contribution is -0.384. The van der Waals surface area contributed by atoms with Crippen molar-refractivity contribution in [2.75, 3.05) is 49.1 Å². The van der Waals surface area contributed by atoms with Crippen molar-refractivity contribution in [3.63, 3.8) is 0 Å². The third-order valence-electron chi connectivity index (χ3n) is 8.19. The largest absolute Gasteiger partial charge is 0.369 e. The van der Waals surface area contributed by atoms with Crippen LogP contribution in [-0.4, -0.2) is 64.8 Å². The Morgan fingerprint density at radius 3 is 2.26 bits per heavy atom. The normalized spacial score (nSPS) is 15.3. The Labute approximate surface area is 243 Å². The second-order valence-electron chi connectivity index (χ2n) is 10.8. The standard InChI is InChI=1S/C32H33FN6O3/c33-25-12-16-26(17-13-25)36-21-18-35(19-22-36)20-23-37(32(40)24-10-14-28(15-11-24)39(41)42)31-29-8-4-5-9-30(29)38(34-31)27-6-2-1-3-7-27/h1-3,6-7,10-17H,4-5,8-9,18-23H2. The number of non-ortho nitro benzene ring substituents is 1. The molecule has 1 aliphatic carbocycles. The van der Waals surface area contributed by atoms with E-state index in [4.69, 9.17) is 5.10 Å². The van der Waals surface area contributed by atoms with Gasteiger partial charge < -0.3 is 4.90 Å². The molecular formula is C32H33FN6O3. The number of nitro benzene ring substituents is 1. The lowest BCUT2D eigenvalue weighted by Crippen LogP contribution is -2.49. The molecule has 0 unspecified atom stereocenters. The number of nitro groups is 1. The SMILES string of the molecule is O=C(c1ccc([N+](=O)[O-])cc1)N(CCN1CCN(c2ccc(F)cc2)CC1)c1nn(-c2ccccc2)c2c1CCCC2. The lowest BCUT2D eigenvalue weighted by Gasteiger charge is -2.37. The number of amides is 1. The van der Waals surface area contributed by atoms with E-state index in [2.05, 4.69) is 9.80 Å². The first-order valence-corrected chi connectivity index (χ1v) is 14.4. The highest BCUT2D eigenvalue weighted by Gasteiger charge is 2.30. The number of piperazine rings is 1. The number of fused-ring (bicyclic) bond motifs is 1. The highest BCUT2D eigenvalue weighted by Crippen LogP contribution is 2.33. The second kappa shape index (κ2) is 12.1. The van der Waals surface area contributed by atoms with E-state index in [1.165, 1.54) is 36.4 Å². The molecule has 216 valence electrons. The minimum atomic E-state index is -0.463. The molecule has 0 atom stereocenters. The minimum absolute atomic E-state index is 0.0529. The average Bonchev–Trinajstić information content (AvgIpc) is 3.42. The van der Waals surface area contributed by atoms with Crippen LogP contribution in [0.1, 0.15) is 34.5 Å². The smallest absolute Gasteiger partial charge is 0.269 e. The predicted molar refractivity (Wildman–Crippen MR) is 160 cm³/mol. The van der Waals surface area contributed by atoms with Gasteiger partial charge in [0.2, 0.25) is 0 Å². The first kappa shape index (κ1) is 27.6. The number of carbonyl (C=O) groups excluding carboxylic acids is 1. The van der Waals surface area contributed by atoms with Crippen LogP contribution in [-0.2, 0) is 12.8 Å². The summed E-state index contributed by atoms with van der Waals surface area (Å²) in [4.78, 5) is 31.1. The average molecular weight is 569 g/mol. The van der Waals surface area contributed by atoms with E-state index in [0.717, 1.165) is 74.5 Å². The summed E-state index contributed by atoms with van der Waals surface area (Å²) in [5.41, 5.74) is 4.53.